The standard InChI is InChI=1S/C14H8BrF3N4O3S/c15-9-3-1-8(2-4-9)12-20-13(14(16,17)18)21-22(12)10-5-6-11(19-7-10)26(23,24)25/h1-7H,(H,23,24,25). The zero-order valence-corrected chi connectivity index (χ0v) is 14.9. The summed E-state index contributed by atoms with van der Waals surface area (Å²) in [5, 5.41) is 2.82. The molecule has 0 fully saturated rings. The maximum absolute atomic E-state index is 13.0. The number of nitrogens with zero attached hydrogens (tertiary/aromatic N) is 4. The van der Waals surface area contributed by atoms with Gasteiger partial charge >= 0.3 is 16.3 Å². The monoisotopic (exact) mass is 448 g/mol. The average molecular weight is 449 g/mol. The van der Waals surface area contributed by atoms with E-state index in [1.807, 2.05) is 0 Å². The molecule has 0 aliphatic carbocycles. The Morgan fingerprint density at radius 1 is 1.08 bits per heavy atom. The molecule has 136 valence electrons. The van der Waals surface area contributed by atoms with E-state index < -0.39 is 27.1 Å². The summed E-state index contributed by atoms with van der Waals surface area (Å²) in [4.78, 5) is 7.08. The number of halogens is 4. The lowest BCUT2D eigenvalue weighted by Gasteiger charge is -2.06. The van der Waals surface area contributed by atoms with Gasteiger partial charge in [0.2, 0.25) is 0 Å². The molecule has 0 radical (unpaired) electrons. The number of alkyl halides is 3. The van der Waals surface area contributed by atoms with Gasteiger partial charge in [0.05, 0.1) is 11.9 Å². The second-order valence-electron chi connectivity index (χ2n) is 5.01. The smallest absolute Gasteiger partial charge is 0.281 e. The quantitative estimate of drug-likeness (QED) is 0.616. The van der Waals surface area contributed by atoms with E-state index in [9.17, 15) is 21.6 Å². The molecule has 1 aromatic carbocycles. The van der Waals surface area contributed by atoms with Crippen LogP contribution in [0.2, 0.25) is 0 Å². The van der Waals surface area contributed by atoms with Gasteiger partial charge in [-0.1, -0.05) is 28.1 Å². The van der Waals surface area contributed by atoms with Crippen molar-refractivity contribution < 1.29 is 26.1 Å². The Hall–Kier alpha value is -2.31. The fourth-order valence-electron chi connectivity index (χ4n) is 2.05. The highest BCUT2D eigenvalue weighted by atomic mass is 79.9. The van der Waals surface area contributed by atoms with Crippen LogP contribution in [0.3, 0.4) is 0 Å². The van der Waals surface area contributed by atoms with Crippen molar-refractivity contribution in [2.24, 2.45) is 0 Å². The third kappa shape index (κ3) is 3.76. The first kappa shape index (κ1) is 18.5. The molecule has 0 atom stereocenters. The minimum Gasteiger partial charge on any atom is -0.281 e. The first-order valence-electron chi connectivity index (χ1n) is 6.80. The number of benzene rings is 1. The molecule has 12 heteroatoms. The molecule has 3 rings (SSSR count). The minimum absolute atomic E-state index is 0.0401. The van der Waals surface area contributed by atoms with Gasteiger partial charge in [0.25, 0.3) is 5.82 Å². The summed E-state index contributed by atoms with van der Waals surface area (Å²) in [7, 11) is -4.53. The van der Waals surface area contributed by atoms with Crippen molar-refractivity contribution in [2.45, 2.75) is 11.2 Å². The fraction of sp³-hybridized carbons (Fsp3) is 0.0714. The molecular formula is C14H8BrF3N4O3S. The molecule has 2 heterocycles. The molecule has 0 saturated heterocycles. The first-order valence-corrected chi connectivity index (χ1v) is 9.03. The highest BCUT2D eigenvalue weighted by molar-refractivity contribution is 9.10. The molecule has 0 unspecified atom stereocenters. The van der Waals surface area contributed by atoms with Crippen LogP contribution in [-0.2, 0) is 16.3 Å². The van der Waals surface area contributed by atoms with E-state index in [1.54, 1.807) is 24.3 Å². The predicted octanol–water partition coefficient (Wildman–Crippen LogP) is 3.36. The summed E-state index contributed by atoms with van der Waals surface area (Å²) in [5.41, 5.74) is 0.397. The molecule has 0 spiro atoms. The lowest BCUT2D eigenvalue weighted by molar-refractivity contribution is -0.144. The molecule has 1 N–H and O–H groups in total. The van der Waals surface area contributed by atoms with Gasteiger partial charge in [-0.3, -0.25) is 4.55 Å². The van der Waals surface area contributed by atoms with Gasteiger partial charge in [-0.05, 0) is 24.3 Å². The van der Waals surface area contributed by atoms with Crippen molar-refractivity contribution in [2.75, 3.05) is 0 Å². The molecule has 0 bridgehead atoms. The van der Waals surface area contributed by atoms with Crippen molar-refractivity contribution in [3.8, 4) is 17.1 Å². The largest absolute Gasteiger partial charge is 0.453 e. The van der Waals surface area contributed by atoms with Crippen LogP contribution in [0.15, 0.2) is 52.1 Å². The predicted molar refractivity (Wildman–Crippen MR) is 87.1 cm³/mol. The number of rotatable bonds is 3. The van der Waals surface area contributed by atoms with Crippen LogP contribution in [0.1, 0.15) is 5.82 Å². The zero-order chi connectivity index (χ0) is 19.1. The van der Waals surface area contributed by atoms with E-state index in [1.165, 1.54) is 0 Å². The Kier molecular flexibility index (Phi) is 4.58. The molecule has 0 aliphatic rings. The van der Waals surface area contributed by atoms with Crippen LogP contribution in [0.4, 0.5) is 13.2 Å². The highest BCUT2D eigenvalue weighted by Gasteiger charge is 2.37. The lowest BCUT2D eigenvalue weighted by Crippen LogP contribution is -2.09. The normalized spacial score (nSPS) is 12.3. The Morgan fingerprint density at radius 3 is 2.23 bits per heavy atom. The van der Waals surface area contributed by atoms with E-state index in [4.69, 9.17) is 4.55 Å². The third-order valence-corrected chi connectivity index (χ3v) is 4.49. The van der Waals surface area contributed by atoms with Gasteiger partial charge in [-0.2, -0.15) is 21.6 Å². The van der Waals surface area contributed by atoms with E-state index >= 15 is 0 Å². The number of hydrogen-bond donors (Lipinski definition) is 1. The van der Waals surface area contributed by atoms with Gasteiger partial charge in [0.1, 0.15) is 0 Å². The topological polar surface area (TPSA) is 98.0 Å². The number of hydrogen-bond acceptors (Lipinski definition) is 5. The van der Waals surface area contributed by atoms with Crippen LogP contribution in [0.5, 0.6) is 0 Å². The van der Waals surface area contributed by atoms with Gasteiger partial charge in [0, 0.05) is 10.0 Å². The van der Waals surface area contributed by atoms with Crippen molar-refractivity contribution in [1.82, 2.24) is 19.7 Å². The van der Waals surface area contributed by atoms with Crippen molar-refractivity contribution >= 4 is 26.0 Å². The van der Waals surface area contributed by atoms with Gasteiger partial charge in [-0.15, -0.1) is 5.10 Å². The first-order chi connectivity index (χ1) is 12.1. The highest BCUT2D eigenvalue weighted by Crippen LogP contribution is 2.30. The summed E-state index contributed by atoms with van der Waals surface area (Å²) in [6, 6.07) is 8.45. The zero-order valence-electron chi connectivity index (χ0n) is 12.5. The van der Waals surface area contributed by atoms with Crippen molar-refractivity contribution in [3.05, 3.63) is 52.9 Å². The molecule has 26 heavy (non-hydrogen) atoms. The van der Waals surface area contributed by atoms with Gasteiger partial charge < -0.3 is 0 Å². The Bertz CT molecular complexity index is 1050. The molecule has 0 amide bonds. The van der Waals surface area contributed by atoms with E-state index in [0.29, 0.717) is 5.56 Å². The van der Waals surface area contributed by atoms with Crippen LogP contribution < -0.4 is 0 Å². The minimum atomic E-state index is -4.77. The maximum Gasteiger partial charge on any atom is 0.453 e. The molecule has 3 aromatic rings. The summed E-state index contributed by atoms with van der Waals surface area (Å²) >= 11 is 3.23. The number of pyridine rings is 1. The van der Waals surface area contributed by atoms with Crippen LogP contribution in [-0.4, -0.2) is 32.7 Å². The molecule has 0 saturated carbocycles. The second-order valence-corrected chi connectivity index (χ2v) is 7.29. The van der Waals surface area contributed by atoms with Crippen LogP contribution in [0.25, 0.3) is 17.1 Å². The summed E-state index contributed by atoms with van der Waals surface area (Å²) in [6.07, 6.45) is -3.79. The summed E-state index contributed by atoms with van der Waals surface area (Å²) in [5.74, 6) is -1.46. The average Bonchev–Trinajstić information content (AvgIpc) is 3.00. The van der Waals surface area contributed by atoms with Crippen LogP contribution >= 0.6 is 15.9 Å². The van der Waals surface area contributed by atoms with E-state index in [-0.39, 0.29) is 11.5 Å². The molecule has 7 nitrogen and oxygen atoms in total. The van der Waals surface area contributed by atoms with E-state index in [0.717, 1.165) is 27.5 Å². The summed E-state index contributed by atoms with van der Waals surface area (Å²) in [6.45, 7) is 0. The van der Waals surface area contributed by atoms with Crippen molar-refractivity contribution in [1.29, 1.82) is 0 Å². The summed E-state index contributed by atoms with van der Waals surface area (Å²) < 4.78 is 71.7. The Labute approximate surface area is 153 Å². The SMILES string of the molecule is O=S(=O)(O)c1ccc(-n2nc(C(F)(F)F)nc2-c2ccc(Br)cc2)cn1. The molecule has 2 aromatic heterocycles. The van der Waals surface area contributed by atoms with E-state index in [2.05, 4.69) is 31.0 Å². The molecular weight excluding hydrogens is 441 g/mol. The Morgan fingerprint density at radius 2 is 1.73 bits per heavy atom. The maximum atomic E-state index is 13.0. The van der Waals surface area contributed by atoms with Crippen LogP contribution in [0, 0.1) is 0 Å². The fourth-order valence-corrected chi connectivity index (χ4v) is 2.74. The second kappa shape index (κ2) is 6.45. The Balaban J connectivity index is 2.16. The number of aromatic nitrogens is 4. The lowest BCUT2D eigenvalue weighted by atomic mass is 10.2. The van der Waals surface area contributed by atoms with Gasteiger partial charge in [-0.25, -0.2) is 14.6 Å². The molecule has 0 aliphatic heterocycles. The third-order valence-electron chi connectivity index (χ3n) is 3.19. The van der Waals surface area contributed by atoms with Crippen molar-refractivity contribution in [3.63, 3.8) is 0 Å². The van der Waals surface area contributed by atoms with Gasteiger partial charge in [0.15, 0.2) is 10.9 Å².